The van der Waals surface area contributed by atoms with Crippen molar-refractivity contribution in [2.24, 2.45) is 9.98 Å². The van der Waals surface area contributed by atoms with Gasteiger partial charge in [0.05, 0.1) is 13.3 Å². The molecule has 5 heteroatoms. The van der Waals surface area contributed by atoms with Gasteiger partial charge in [-0.15, -0.1) is 0 Å². The highest BCUT2D eigenvalue weighted by atomic mass is 16.5. The lowest BCUT2D eigenvalue weighted by atomic mass is 10.3. The largest absolute Gasteiger partial charge is 0.467 e. The molecule has 1 aliphatic heterocycles. The molecule has 0 saturated heterocycles. The highest BCUT2D eigenvalue weighted by Gasteiger charge is 2.17. The fraction of sp³-hybridized carbons (Fsp3) is 0.333. The molecule has 1 amide bonds. The van der Waals surface area contributed by atoms with E-state index < -0.39 is 17.9 Å². The van der Waals surface area contributed by atoms with E-state index in [1.54, 1.807) is 0 Å². The van der Waals surface area contributed by atoms with Crippen molar-refractivity contribution in [3.8, 4) is 0 Å². The van der Waals surface area contributed by atoms with Gasteiger partial charge >= 0.3 is 5.97 Å². The molecule has 1 aliphatic rings. The molecule has 0 N–H and O–H groups in total. The van der Waals surface area contributed by atoms with Gasteiger partial charge < -0.3 is 4.74 Å². The van der Waals surface area contributed by atoms with Gasteiger partial charge in [-0.05, 0) is 0 Å². The highest BCUT2D eigenvalue weighted by Crippen LogP contribution is 1.94. The Labute approximate surface area is 62.8 Å². The van der Waals surface area contributed by atoms with Crippen molar-refractivity contribution in [3.63, 3.8) is 0 Å². The Kier molecular flexibility index (Phi) is 2.10. The van der Waals surface area contributed by atoms with Crippen LogP contribution in [0.15, 0.2) is 9.98 Å². The fourth-order valence-corrected chi connectivity index (χ4v) is 0.602. The van der Waals surface area contributed by atoms with E-state index in [0.29, 0.717) is 0 Å². The van der Waals surface area contributed by atoms with Crippen LogP contribution in [0.1, 0.15) is 0 Å². The van der Waals surface area contributed by atoms with Gasteiger partial charge in [-0.1, -0.05) is 0 Å². The summed E-state index contributed by atoms with van der Waals surface area (Å²) >= 11 is 0. The van der Waals surface area contributed by atoms with E-state index in [4.69, 9.17) is 0 Å². The minimum absolute atomic E-state index is 0.454. The molecule has 5 nitrogen and oxygen atoms in total. The SMILES string of the molecule is COC(=O)C1C=NC(=O)C=N1. The fourth-order valence-electron chi connectivity index (χ4n) is 0.602. The highest BCUT2D eigenvalue weighted by molar-refractivity contribution is 6.30. The summed E-state index contributed by atoms with van der Waals surface area (Å²) in [5, 5.41) is 0. The number of esters is 1. The minimum atomic E-state index is -0.752. The number of aliphatic imine (C=N–C) groups is 2. The van der Waals surface area contributed by atoms with E-state index in [-0.39, 0.29) is 0 Å². The van der Waals surface area contributed by atoms with Crippen LogP contribution in [0.4, 0.5) is 0 Å². The number of hydrogen-bond acceptors (Lipinski definition) is 4. The number of methoxy groups -OCH3 is 1. The molecule has 0 fully saturated rings. The van der Waals surface area contributed by atoms with Crippen LogP contribution in [0, 0.1) is 0 Å². The molecule has 11 heavy (non-hydrogen) atoms. The second kappa shape index (κ2) is 3.05. The maximum absolute atomic E-state index is 10.7. The predicted octanol–water partition coefficient (Wildman–Crippen LogP) is -0.790. The number of nitrogens with zero attached hydrogens (tertiary/aromatic N) is 2. The van der Waals surface area contributed by atoms with Gasteiger partial charge in [-0.25, -0.2) is 9.79 Å². The average molecular weight is 154 g/mol. The van der Waals surface area contributed by atoms with Crippen LogP contribution in [0.25, 0.3) is 0 Å². The van der Waals surface area contributed by atoms with Crippen molar-refractivity contribution in [1.82, 2.24) is 0 Å². The molecule has 0 aromatic carbocycles. The molecule has 0 aromatic heterocycles. The van der Waals surface area contributed by atoms with Crippen molar-refractivity contribution < 1.29 is 14.3 Å². The Bertz CT molecular complexity index is 228. The van der Waals surface area contributed by atoms with Crippen LogP contribution in [0.3, 0.4) is 0 Å². The number of hydrogen-bond donors (Lipinski definition) is 0. The average Bonchev–Trinajstić information content (AvgIpc) is 2.05. The topological polar surface area (TPSA) is 68.1 Å². The first-order valence-corrected chi connectivity index (χ1v) is 2.93. The first-order chi connectivity index (χ1) is 5.24. The molecule has 1 heterocycles. The summed E-state index contributed by atoms with van der Waals surface area (Å²) < 4.78 is 4.37. The summed E-state index contributed by atoms with van der Waals surface area (Å²) in [6, 6.07) is -0.752. The molecular formula is C6H6N2O3. The quantitative estimate of drug-likeness (QED) is 0.465. The zero-order valence-corrected chi connectivity index (χ0v) is 5.85. The molecule has 58 valence electrons. The van der Waals surface area contributed by atoms with Crippen LogP contribution in [0.2, 0.25) is 0 Å². The molecule has 0 radical (unpaired) electrons. The lowest BCUT2D eigenvalue weighted by Gasteiger charge is -2.05. The molecule has 1 atom stereocenters. The van der Waals surface area contributed by atoms with E-state index >= 15 is 0 Å². The number of ether oxygens (including phenoxy) is 1. The maximum Gasteiger partial charge on any atom is 0.336 e. The second-order valence-corrected chi connectivity index (χ2v) is 1.86. The summed E-state index contributed by atoms with van der Waals surface area (Å²) in [6.07, 6.45) is 2.16. The molecule has 0 aliphatic carbocycles. The smallest absolute Gasteiger partial charge is 0.336 e. The van der Waals surface area contributed by atoms with Crippen molar-refractivity contribution >= 4 is 24.3 Å². The van der Waals surface area contributed by atoms with E-state index in [9.17, 15) is 9.59 Å². The summed E-state index contributed by atoms with van der Waals surface area (Å²) in [5.74, 6) is -0.970. The van der Waals surface area contributed by atoms with Gasteiger partial charge in [0.25, 0.3) is 5.91 Å². The standard InChI is InChI=1S/C6H6N2O3/c1-11-6(10)4-2-8-5(9)3-7-4/h2-4H,1H3. The van der Waals surface area contributed by atoms with E-state index in [0.717, 1.165) is 12.4 Å². The van der Waals surface area contributed by atoms with Gasteiger partial charge in [0.15, 0.2) is 6.04 Å². The van der Waals surface area contributed by atoms with E-state index in [1.165, 1.54) is 7.11 Å². The molecular weight excluding hydrogens is 148 g/mol. The maximum atomic E-state index is 10.7. The van der Waals surface area contributed by atoms with Gasteiger partial charge in [0.1, 0.15) is 0 Å². The zero-order valence-electron chi connectivity index (χ0n) is 5.85. The van der Waals surface area contributed by atoms with Crippen LogP contribution >= 0.6 is 0 Å². The molecule has 1 unspecified atom stereocenters. The van der Waals surface area contributed by atoms with Gasteiger partial charge in [0, 0.05) is 6.21 Å². The number of carbonyl (C=O) groups excluding carboxylic acids is 2. The molecule has 0 bridgehead atoms. The Morgan fingerprint density at radius 2 is 2.45 bits per heavy atom. The predicted molar refractivity (Wildman–Crippen MR) is 37.8 cm³/mol. The normalized spacial score (nSPS) is 21.9. The van der Waals surface area contributed by atoms with Crippen LogP contribution in [-0.4, -0.2) is 37.5 Å². The molecule has 0 aromatic rings. The monoisotopic (exact) mass is 154 g/mol. The Morgan fingerprint density at radius 3 is 2.91 bits per heavy atom. The van der Waals surface area contributed by atoms with Crippen molar-refractivity contribution in [3.05, 3.63) is 0 Å². The van der Waals surface area contributed by atoms with E-state index in [2.05, 4.69) is 14.7 Å². The van der Waals surface area contributed by atoms with Crippen molar-refractivity contribution in [1.29, 1.82) is 0 Å². The first-order valence-electron chi connectivity index (χ1n) is 2.93. The number of amides is 1. The minimum Gasteiger partial charge on any atom is -0.467 e. The Morgan fingerprint density at radius 1 is 1.73 bits per heavy atom. The Hall–Kier alpha value is -1.52. The first kappa shape index (κ1) is 7.59. The van der Waals surface area contributed by atoms with Crippen molar-refractivity contribution in [2.45, 2.75) is 6.04 Å². The summed E-state index contributed by atoms with van der Waals surface area (Å²) in [4.78, 5) is 28.1. The molecule has 0 saturated carbocycles. The third-order valence-electron chi connectivity index (χ3n) is 1.13. The van der Waals surface area contributed by atoms with Gasteiger partial charge in [-0.3, -0.25) is 9.79 Å². The van der Waals surface area contributed by atoms with Crippen LogP contribution < -0.4 is 0 Å². The summed E-state index contributed by atoms with van der Waals surface area (Å²) in [5.41, 5.74) is 0. The van der Waals surface area contributed by atoms with Gasteiger partial charge in [0.2, 0.25) is 0 Å². The van der Waals surface area contributed by atoms with Crippen LogP contribution in [0.5, 0.6) is 0 Å². The van der Waals surface area contributed by atoms with Crippen LogP contribution in [-0.2, 0) is 14.3 Å². The lowest BCUT2D eigenvalue weighted by molar-refractivity contribution is -0.140. The molecule has 1 rings (SSSR count). The Balaban J connectivity index is 2.65. The third kappa shape index (κ3) is 1.70. The van der Waals surface area contributed by atoms with Crippen molar-refractivity contribution in [2.75, 3.05) is 7.11 Å². The summed E-state index contributed by atoms with van der Waals surface area (Å²) in [7, 11) is 1.25. The molecule has 0 spiro atoms. The third-order valence-corrected chi connectivity index (χ3v) is 1.13. The summed E-state index contributed by atoms with van der Waals surface area (Å²) in [6.45, 7) is 0. The number of rotatable bonds is 1. The second-order valence-electron chi connectivity index (χ2n) is 1.86. The van der Waals surface area contributed by atoms with E-state index in [1.807, 2.05) is 0 Å². The zero-order chi connectivity index (χ0) is 8.27. The number of carbonyl (C=O) groups is 2. The van der Waals surface area contributed by atoms with Gasteiger partial charge in [-0.2, -0.15) is 0 Å². The lowest BCUT2D eigenvalue weighted by Crippen LogP contribution is -2.25.